The predicted octanol–water partition coefficient (Wildman–Crippen LogP) is 2.94. The summed E-state index contributed by atoms with van der Waals surface area (Å²) in [5.41, 5.74) is 9.80. The van der Waals surface area contributed by atoms with Crippen LogP contribution in [0.2, 0.25) is 0 Å². The van der Waals surface area contributed by atoms with Crippen molar-refractivity contribution in [2.24, 2.45) is 5.11 Å². The van der Waals surface area contributed by atoms with E-state index in [1.54, 1.807) is 6.92 Å². The summed E-state index contributed by atoms with van der Waals surface area (Å²) in [6.07, 6.45) is 1.35. The van der Waals surface area contributed by atoms with E-state index < -0.39 is 5.97 Å². The second-order valence-corrected chi connectivity index (χ2v) is 3.18. The first-order chi connectivity index (χ1) is 8.27. The van der Waals surface area contributed by atoms with Crippen molar-refractivity contribution in [3.8, 4) is 0 Å². The summed E-state index contributed by atoms with van der Waals surface area (Å²) in [6.45, 7) is 2.18. The van der Waals surface area contributed by atoms with E-state index in [9.17, 15) is 4.79 Å². The van der Waals surface area contributed by atoms with Crippen molar-refractivity contribution in [3.05, 3.63) is 52.4 Å². The average Bonchev–Trinajstić information content (AvgIpc) is 2.36. The number of ether oxygens (including phenoxy) is 1. The van der Waals surface area contributed by atoms with Crippen molar-refractivity contribution < 1.29 is 9.53 Å². The van der Waals surface area contributed by atoms with Crippen LogP contribution >= 0.6 is 0 Å². The Bertz CT molecular complexity index is 448. The van der Waals surface area contributed by atoms with Crippen molar-refractivity contribution in [2.75, 3.05) is 13.2 Å². The molecule has 0 aliphatic heterocycles. The second-order valence-electron chi connectivity index (χ2n) is 3.18. The van der Waals surface area contributed by atoms with Crippen LogP contribution < -0.4 is 0 Å². The van der Waals surface area contributed by atoms with Crippen molar-refractivity contribution in [2.45, 2.75) is 6.92 Å². The number of carbonyl (C=O) groups excluding carboxylic acids is 1. The Balaban J connectivity index is 2.95. The average molecular weight is 231 g/mol. The number of azide groups is 1. The number of hydrogen-bond donors (Lipinski definition) is 0. The number of benzene rings is 1. The lowest BCUT2D eigenvalue weighted by atomic mass is 10.1. The molecule has 0 N–H and O–H groups in total. The highest BCUT2D eigenvalue weighted by atomic mass is 16.5. The van der Waals surface area contributed by atoms with Gasteiger partial charge in [-0.2, -0.15) is 0 Å². The van der Waals surface area contributed by atoms with E-state index in [-0.39, 0.29) is 6.54 Å². The monoisotopic (exact) mass is 231 g/mol. The molecule has 0 spiro atoms. The van der Waals surface area contributed by atoms with Gasteiger partial charge < -0.3 is 4.74 Å². The maximum Gasteiger partial charge on any atom is 0.331 e. The molecule has 0 unspecified atom stereocenters. The highest BCUT2D eigenvalue weighted by Crippen LogP contribution is 2.14. The molecule has 0 fully saturated rings. The second kappa shape index (κ2) is 7.09. The van der Waals surface area contributed by atoms with E-state index in [1.807, 2.05) is 30.3 Å². The van der Waals surface area contributed by atoms with Gasteiger partial charge in [-0.1, -0.05) is 35.4 Å². The summed E-state index contributed by atoms with van der Waals surface area (Å²) >= 11 is 0. The molecule has 0 amide bonds. The molecule has 1 aromatic rings. The first kappa shape index (κ1) is 12.8. The smallest absolute Gasteiger partial charge is 0.331 e. The van der Waals surface area contributed by atoms with Crippen LogP contribution in [0.25, 0.3) is 16.0 Å². The maximum absolute atomic E-state index is 11.4. The third kappa shape index (κ3) is 4.40. The van der Waals surface area contributed by atoms with Gasteiger partial charge in [0, 0.05) is 11.0 Å². The lowest BCUT2D eigenvalue weighted by Gasteiger charge is -2.04. The van der Waals surface area contributed by atoms with Crippen LogP contribution in [-0.2, 0) is 9.53 Å². The Hall–Kier alpha value is -2.26. The van der Waals surface area contributed by atoms with Crippen LogP contribution in [0.1, 0.15) is 12.5 Å². The highest BCUT2D eigenvalue weighted by Gasteiger charge is 2.04. The fraction of sp³-hybridized carbons (Fsp3) is 0.250. The first-order valence-electron chi connectivity index (χ1n) is 5.21. The summed E-state index contributed by atoms with van der Waals surface area (Å²) < 4.78 is 4.82. The number of hydrogen-bond acceptors (Lipinski definition) is 3. The van der Waals surface area contributed by atoms with Crippen LogP contribution in [-0.4, -0.2) is 19.1 Å². The third-order valence-electron chi connectivity index (χ3n) is 2.03. The zero-order chi connectivity index (χ0) is 12.5. The van der Waals surface area contributed by atoms with E-state index in [0.29, 0.717) is 12.2 Å². The molecule has 1 aromatic carbocycles. The van der Waals surface area contributed by atoms with Crippen LogP contribution in [0, 0.1) is 0 Å². The summed E-state index contributed by atoms with van der Waals surface area (Å²) in [5.74, 6) is -0.431. The zero-order valence-electron chi connectivity index (χ0n) is 9.54. The van der Waals surface area contributed by atoms with Crippen LogP contribution in [0.15, 0.2) is 41.5 Å². The Morgan fingerprint density at radius 2 is 2.18 bits per heavy atom. The molecule has 0 radical (unpaired) electrons. The minimum atomic E-state index is -0.431. The van der Waals surface area contributed by atoms with Crippen molar-refractivity contribution >= 4 is 11.5 Å². The Morgan fingerprint density at radius 3 is 2.76 bits per heavy atom. The van der Waals surface area contributed by atoms with Gasteiger partial charge in [-0.05, 0) is 23.6 Å². The van der Waals surface area contributed by atoms with E-state index in [0.717, 1.165) is 5.56 Å². The molecule has 17 heavy (non-hydrogen) atoms. The van der Waals surface area contributed by atoms with Gasteiger partial charge in [-0.25, -0.2) is 4.79 Å². The van der Waals surface area contributed by atoms with E-state index in [4.69, 9.17) is 10.3 Å². The molecular formula is C12H13N3O2. The Morgan fingerprint density at radius 1 is 1.47 bits per heavy atom. The number of esters is 1. The predicted molar refractivity (Wildman–Crippen MR) is 65.1 cm³/mol. The normalized spacial score (nSPS) is 10.5. The lowest BCUT2D eigenvalue weighted by molar-refractivity contribution is -0.137. The molecule has 5 nitrogen and oxygen atoms in total. The molecule has 0 aromatic heterocycles. The maximum atomic E-state index is 11.4. The summed E-state index contributed by atoms with van der Waals surface area (Å²) in [7, 11) is 0. The molecule has 0 aliphatic rings. The SMILES string of the molecule is CCOC(=O)/C=C(\CN=[N+]=[N-])c1ccccc1. The van der Waals surface area contributed by atoms with Gasteiger partial charge in [0.2, 0.25) is 0 Å². The lowest BCUT2D eigenvalue weighted by Crippen LogP contribution is -2.02. The highest BCUT2D eigenvalue weighted by molar-refractivity contribution is 5.91. The molecule has 0 saturated heterocycles. The van der Waals surface area contributed by atoms with E-state index >= 15 is 0 Å². The van der Waals surface area contributed by atoms with Gasteiger partial charge in [0.15, 0.2) is 0 Å². The zero-order valence-corrected chi connectivity index (χ0v) is 9.54. The van der Waals surface area contributed by atoms with Gasteiger partial charge in [0.25, 0.3) is 0 Å². The quantitative estimate of drug-likeness (QED) is 0.257. The van der Waals surface area contributed by atoms with Crippen LogP contribution in [0.3, 0.4) is 0 Å². The molecule has 1 rings (SSSR count). The molecule has 0 atom stereocenters. The summed E-state index contributed by atoms with van der Waals surface area (Å²) in [6, 6.07) is 9.27. The molecule has 0 bridgehead atoms. The van der Waals surface area contributed by atoms with Gasteiger partial charge in [0.1, 0.15) is 0 Å². The minimum absolute atomic E-state index is 0.124. The largest absolute Gasteiger partial charge is 0.463 e. The van der Waals surface area contributed by atoms with Crippen molar-refractivity contribution in [3.63, 3.8) is 0 Å². The summed E-state index contributed by atoms with van der Waals surface area (Å²) in [4.78, 5) is 14.0. The van der Waals surface area contributed by atoms with Crippen LogP contribution in [0.4, 0.5) is 0 Å². The number of rotatable bonds is 5. The fourth-order valence-electron chi connectivity index (χ4n) is 1.31. The van der Waals surface area contributed by atoms with Gasteiger partial charge in [0.05, 0.1) is 13.2 Å². The fourth-order valence-corrected chi connectivity index (χ4v) is 1.31. The molecule has 0 aliphatic carbocycles. The van der Waals surface area contributed by atoms with Crippen molar-refractivity contribution in [1.82, 2.24) is 0 Å². The minimum Gasteiger partial charge on any atom is -0.463 e. The molecular weight excluding hydrogens is 218 g/mol. The van der Waals surface area contributed by atoms with Gasteiger partial charge in [-0.3, -0.25) is 0 Å². The van der Waals surface area contributed by atoms with E-state index in [2.05, 4.69) is 10.0 Å². The van der Waals surface area contributed by atoms with Gasteiger partial charge in [-0.15, -0.1) is 0 Å². The topological polar surface area (TPSA) is 75.1 Å². The van der Waals surface area contributed by atoms with Crippen molar-refractivity contribution in [1.29, 1.82) is 0 Å². The number of carbonyl (C=O) groups is 1. The van der Waals surface area contributed by atoms with Gasteiger partial charge >= 0.3 is 5.97 Å². The van der Waals surface area contributed by atoms with E-state index in [1.165, 1.54) is 6.08 Å². The van der Waals surface area contributed by atoms with Crippen LogP contribution in [0.5, 0.6) is 0 Å². The number of nitrogens with zero attached hydrogens (tertiary/aromatic N) is 3. The molecule has 0 heterocycles. The Labute approximate surface area is 99.3 Å². The third-order valence-corrected chi connectivity index (χ3v) is 2.03. The standard InChI is InChI=1S/C12H13N3O2/c1-2-17-12(16)8-11(9-14-15-13)10-6-4-3-5-7-10/h3-8H,2,9H2,1H3/b11-8+. The molecule has 0 saturated carbocycles. The summed E-state index contributed by atoms with van der Waals surface area (Å²) in [5, 5.41) is 3.47. The molecule has 5 heteroatoms. The molecule has 88 valence electrons. The first-order valence-corrected chi connectivity index (χ1v) is 5.21. The Kier molecular flexibility index (Phi) is 5.34.